The van der Waals surface area contributed by atoms with Crippen LogP contribution in [0.5, 0.6) is 0 Å². The summed E-state index contributed by atoms with van der Waals surface area (Å²) in [6.45, 7) is 5.90. The van der Waals surface area contributed by atoms with Crippen molar-refractivity contribution in [1.29, 1.82) is 0 Å². The number of hydrogen-bond acceptors (Lipinski definition) is 4. The smallest absolute Gasteiger partial charge is 0.321 e. The Kier molecular flexibility index (Phi) is 6.04. The fourth-order valence-electron chi connectivity index (χ4n) is 1.90. The van der Waals surface area contributed by atoms with Gasteiger partial charge in [-0.1, -0.05) is 17.7 Å². The van der Waals surface area contributed by atoms with Crippen molar-refractivity contribution in [1.82, 2.24) is 0 Å². The molecule has 0 spiro atoms. The van der Waals surface area contributed by atoms with Crippen molar-refractivity contribution in [3.8, 4) is 0 Å². The van der Waals surface area contributed by atoms with Gasteiger partial charge in [0, 0.05) is 11.4 Å². The monoisotopic (exact) mass is 296 g/mol. The van der Waals surface area contributed by atoms with Crippen LogP contribution in [0.4, 0.5) is 5.69 Å². The van der Waals surface area contributed by atoms with Gasteiger partial charge in [-0.05, 0) is 31.9 Å². The Morgan fingerprint density at radius 2 is 1.85 bits per heavy atom. The highest BCUT2D eigenvalue weighted by molar-refractivity contribution is 8.00. The van der Waals surface area contributed by atoms with E-state index in [0.29, 0.717) is 0 Å². The second-order valence-corrected chi connectivity index (χ2v) is 5.81. The van der Waals surface area contributed by atoms with E-state index >= 15 is 0 Å². The molecule has 0 fully saturated rings. The minimum Gasteiger partial charge on any atom is -0.480 e. The predicted octanol–water partition coefficient (Wildman–Crippen LogP) is 1.70. The molecule has 1 rings (SSSR count). The van der Waals surface area contributed by atoms with Gasteiger partial charge >= 0.3 is 5.97 Å². The quantitative estimate of drug-likeness (QED) is 0.743. The minimum atomic E-state index is -1.05. The standard InChI is InChI=1S/C14H20N2O3S/c1-8-4-9(2)13(10(3)5-8)16-12(17)7-20-6-11(15)14(18)19/h4-5,11H,6-7,15H2,1-3H3,(H,16,17)(H,18,19)/t11-/m0/s1. The number of rotatable bonds is 6. The number of benzene rings is 1. The first-order valence-corrected chi connectivity index (χ1v) is 7.40. The Hall–Kier alpha value is -1.53. The summed E-state index contributed by atoms with van der Waals surface area (Å²) in [7, 11) is 0. The fraction of sp³-hybridized carbons (Fsp3) is 0.429. The van der Waals surface area contributed by atoms with Crippen molar-refractivity contribution in [2.75, 3.05) is 16.8 Å². The first kappa shape index (κ1) is 16.5. The highest BCUT2D eigenvalue weighted by atomic mass is 32.2. The second-order valence-electron chi connectivity index (χ2n) is 4.78. The van der Waals surface area contributed by atoms with Gasteiger partial charge in [0.2, 0.25) is 5.91 Å². The lowest BCUT2D eigenvalue weighted by Crippen LogP contribution is -2.33. The van der Waals surface area contributed by atoms with Gasteiger partial charge in [0.15, 0.2) is 0 Å². The zero-order valence-corrected chi connectivity index (χ0v) is 12.7. The molecule has 4 N–H and O–H groups in total. The largest absolute Gasteiger partial charge is 0.480 e. The molecule has 1 aromatic rings. The highest BCUT2D eigenvalue weighted by Gasteiger charge is 2.13. The molecule has 0 aliphatic carbocycles. The lowest BCUT2D eigenvalue weighted by atomic mass is 10.1. The first-order chi connectivity index (χ1) is 9.31. The molecule has 0 aliphatic rings. The number of anilines is 1. The van der Waals surface area contributed by atoms with E-state index in [1.807, 2.05) is 32.9 Å². The Morgan fingerprint density at radius 1 is 1.30 bits per heavy atom. The minimum absolute atomic E-state index is 0.150. The molecule has 0 saturated carbocycles. The molecule has 20 heavy (non-hydrogen) atoms. The van der Waals surface area contributed by atoms with Crippen LogP contribution < -0.4 is 11.1 Å². The van der Waals surface area contributed by atoms with Crippen LogP contribution in [0.25, 0.3) is 0 Å². The molecular formula is C14H20N2O3S. The van der Waals surface area contributed by atoms with Crippen LogP contribution in [0.1, 0.15) is 16.7 Å². The van der Waals surface area contributed by atoms with Crippen LogP contribution in [0.3, 0.4) is 0 Å². The molecule has 0 unspecified atom stereocenters. The highest BCUT2D eigenvalue weighted by Crippen LogP contribution is 2.22. The van der Waals surface area contributed by atoms with Gasteiger partial charge in [-0.15, -0.1) is 11.8 Å². The summed E-state index contributed by atoms with van der Waals surface area (Å²) in [6.07, 6.45) is 0. The average molecular weight is 296 g/mol. The predicted molar refractivity (Wildman–Crippen MR) is 82.2 cm³/mol. The number of carbonyl (C=O) groups excluding carboxylic acids is 1. The third kappa shape index (κ3) is 4.86. The number of thioether (sulfide) groups is 1. The third-order valence-corrected chi connectivity index (χ3v) is 3.85. The number of nitrogens with two attached hydrogens (primary N) is 1. The molecule has 0 bridgehead atoms. The lowest BCUT2D eigenvalue weighted by Gasteiger charge is -2.13. The summed E-state index contributed by atoms with van der Waals surface area (Å²) in [5.41, 5.74) is 9.38. The Labute approximate surface area is 122 Å². The molecule has 0 saturated heterocycles. The molecule has 1 amide bonds. The van der Waals surface area contributed by atoms with Crippen LogP contribution in [-0.4, -0.2) is 34.5 Å². The summed E-state index contributed by atoms with van der Waals surface area (Å²) >= 11 is 1.21. The van der Waals surface area contributed by atoms with Gasteiger partial charge < -0.3 is 16.2 Å². The van der Waals surface area contributed by atoms with E-state index in [9.17, 15) is 9.59 Å². The second kappa shape index (κ2) is 7.31. The van der Waals surface area contributed by atoms with E-state index < -0.39 is 12.0 Å². The summed E-state index contributed by atoms with van der Waals surface area (Å²) in [5.74, 6) is -0.798. The molecule has 110 valence electrons. The zero-order chi connectivity index (χ0) is 15.3. The number of hydrogen-bond donors (Lipinski definition) is 3. The SMILES string of the molecule is Cc1cc(C)c(NC(=O)CSC[C@H](N)C(=O)O)c(C)c1. The van der Waals surface area contributed by atoms with Crippen LogP contribution in [0, 0.1) is 20.8 Å². The van der Waals surface area contributed by atoms with Gasteiger partial charge in [-0.3, -0.25) is 9.59 Å². The molecule has 5 nitrogen and oxygen atoms in total. The summed E-state index contributed by atoms with van der Waals surface area (Å²) in [4.78, 5) is 22.4. The van der Waals surface area contributed by atoms with Crippen LogP contribution >= 0.6 is 11.8 Å². The van der Waals surface area contributed by atoms with Crippen LogP contribution in [-0.2, 0) is 9.59 Å². The Bertz CT molecular complexity index is 494. The van der Waals surface area contributed by atoms with Gasteiger partial charge in [0.25, 0.3) is 0 Å². The van der Waals surface area contributed by atoms with Gasteiger partial charge in [-0.25, -0.2) is 0 Å². The number of aliphatic carboxylic acids is 1. The average Bonchev–Trinajstić information content (AvgIpc) is 2.33. The van der Waals surface area contributed by atoms with Crippen LogP contribution in [0.15, 0.2) is 12.1 Å². The van der Waals surface area contributed by atoms with E-state index in [-0.39, 0.29) is 17.4 Å². The summed E-state index contributed by atoms with van der Waals surface area (Å²) < 4.78 is 0. The molecule has 0 aromatic heterocycles. The van der Waals surface area contributed by atoms with Crippen molar-refractivity contribution in [3.05, 3.63) is 28.8 Å². The van der Waals surface area contributed by atoms with Gasteiger partial charge in [0.05, 0.1) is 5.75 Å². The van der Waals surface area contributed by atoms with Crippen molar-refractivity contribution in [3.63, 3.8) is 0 Å². The number of carbonyl (C=O) groups is 2. The van der Waals surface area contributed by atoms with Crippen molar-refractivity contribution >= 4 is 29.3 Å². The Balaban J connectivity index is 2.53. The summed E-state index contributed by atoms with van der Waals surface area (Å²) in [6, 6.07) is 3.09. The van der Waals surface area contributed by atoms with E-state index in [1.54, 1.807) is 0 Å². The third-order valence-electron chi connectivity index (χ3n) is 2.79. The topological polar surface area (TPSA) is 92.4 Å². The normalized spacial score (nSPS) is 12.0. The fourth-order valence-corrected chi connectivity index (χ4v) is 2.67. The maximum atomic E-state index is 11.8. The molecule has 1 aromatic carbocycles. The molecule has 0 aliphatic heterocycles. The maximum absolute atomic E-state index is 11.8. The number of carboxylic acids is 1. The molecule has 0 heterocycles. The maximum Gasteiger partial charge on any atom is 0.321 e. The van der Waals surface area contributed by atoms with Gasteiger partial charge in [-0.2, -0.15) is 0 Å². The number of amides is 1. The number of carboxylic acid groups (broad SMARTS) is 1. The zero-order valence-electron chi connectivity index (χ0n) is 11.9. The van der Waals surface area contributed by atoms with Gasteiger partial charge in [0.1, 0.15) is 6.04 Å². The number of nitrogens with one attached hydrogen (secondary N) is 1. The molecular weight excluding hydrogens is 276 g/mol. The van der Waals surface area contributed by atoms with E-state index in [1.165, 1.54) is 11.8 Å². The van der Waals surface area contributed by atoms with E-state index in [0.717, 1.165) is 22.4 Å². The molecule has 1 atom stereocenters. The Morgan fingerprint density at radius 3 is 2.35 bits per heavy atom. The summed E-state index contributed by atoms with van der Waals surface area (Å²) in [5, 5.41) is 11.5. The van der Waals surface area contributed by atoms with Crippen molar-refractivity contribution < 1.29 is 14.7 Å². The lowest BCUT2D eigenvalue weighted by molar-refractivity contribution is -0.137. The molecule has 0 radical (unpaired) electrons. The molecule has 6 heteroatoms. The van der Waals surface area contributed by atoms with E-state index in [2.05, 4.69) is 5.32 Å². The number of aryl methyl sites for hydroxylation is 3. The first-order valence-electron chi connectivity index (χ1n) is 6.25. The van der Waals surface area contributed by atoms with Crippen molar-refractivity contribution in [2.24, 2.45) is 5.73 Å². The van der Waals surface area contributed by atoms with Crippen LogP contribution in [0.2, 0.25) is 0 Å². The van der Waals surface area contributed by atoms with E-state index in [4.69, 9.17) is 10.8 Å². The van der Waals surface area contributed by atoms with Crippen molar-refractivity contribution in [2.45, 2.75) is 26.8 Å².